The van der Waals surface area contributed by atoms with Gasteiger partial charge in [-0.15, -0.1) is 0 Å². The molecule has 1 heterocycles. The van der Waals surface area contributed by atoms with Gasteiger partial charge in [-0.3, -0.25) is 4.84 Å². The van der Waals surface area contributed by atoms with Crippen molar-refractivity contribution in [3.63, 3.8) is 0 Å². The Hall–Kier alpha value is -1.84. The fourth-order valence-electron chi connectivity index (χ4n) is 3.48. The SMILES string of the molecule is CCC(C)N1C[C@@H](N(Cc2cc(F)ccc2Cl)c2ccc(C#N)c(Cl)c2)CCO1. The summed E-state index contributed by atoms with van der Waals surface area (Å²) in [6.45, 7) is 6.00. The third-order valence-corrected chi connectivity index (χ3v) is 6.06. The summed E-state index contributed by atoms with van der Waals surface area (Å²) in [5.74, 6) is -0.324. The average molecular weight is 436 g/mol. The van der Waals surface area contributed by atoms with Crippen molar-refractivity contribution in [2.45, 2.75) is 45.3 Å². The molecule has 1 aliphatic heterocycles. The highest BCUT2D eigenvalue weighted by molar-refractivity contribution is 6.32. The van der Waals surface area contributed by atoms with Crippen LogP contribution in [0.5, 0.6) is 0 Å². The van der Waals surface area contributed by atoms with Crippen molar-refractivity contribution >= 4 is 28.9 Å². The minimum absolute atomic E-state index is 0.126. The largest absolute Gasteiger partial charge is 0.363 e. The maximum atomic E-state index is 13.9. The van der Waals surface area contributed by atoms with Gasteiger partial charge in [0, 0.05) is 35.9 Å². The predicted molar refractivity (Wildman–Crippen MR) is 115 cm³/mol. The summed E-state index contributed by atoms with van der Waals surface area (Å²) in [5, 5.41) is 12.1. The lowest BCUT2D eigenvalue weighted by Crippen LogP contribution is -2.51. The van der Waals surface area contributed by atoms with Crippen LogP contribution >= 0.6 is 23.2 Å². The molecule has 0 spiro atoms. The van der Waals surface area contributed by atoms with E-state index in [-0.39, 0.29) is 11.9 Å². The number of halogens is 3. The van der Waals surface area contributed by atoms with Gasteiger partial charge in [0.25, 0.3) is 0 Å². The highest BCUT2D eigenvalue weighted by Gasteiger charge is 2.29. The normalized spacial score (nSPS) is 18.3. The highest BCUT2D eigenvalue weighted by Crippen LogP contribution is 2.30. The van der Waals surface area contributed by atoms with Gasteiger partial charge in [0.15, 0.2) is 0 Å². The molecular weight excluding hydrogens is 412 g/mol. The molecule has 154 valence electrons. The summed E-state index contributed by atoms with van der Waals surface area (Å²) in [4.78, 5) is 8.02. The molecule has 4 nitrogen and oxygen atoms in total. The van der Waals surface area contributed by atoms with Crippen molar-refractivity contribution in [1.29, 1.82) is 5.26 Å². The van der Waals surface area contributed by atoms with E-state index in [1.54, 1.807) is 18.2 Å². The van der Waals surface area contributed by atoms with Crippen molar-refractivity contribution in [1.82, 2.24) is 5.06 Å². The first-order valence-electron chi connectivity index (χ1n) is 9.72. The van der Waals surface area contributed by atoms with E-state index in [4.69, 9.17) is 28.0 Å². The number of hydroxylamine groups is 2. The molecule has 7 heteroatoms. The van der Waals surface area contributed by atoms with Crippen molar-refractivity contribution in [2.75, 3.05) is 18.1 Å². The molecule has 1 saturated heterocycles. The Morgan fingerprint density at radius 3 is 2.76 bits per heavy atom. The average Bonchev–Trinajstić information content (AvgIpc) is 2.73. The van der Waals surface area contributed by atoms with E-state index in [0.29, 0.717) is 46.9 Å². The molecule has 1 unspecified atom stereocenters. The van der Waals surface area contributed by atoms with Gasteiger partial charge in [-0.2, -0.15) is 10.3 Å². The molecule has 0 bridgehead atoms. The topological polar surface area (TPSA) is 39.5 Å². The molecule has 2 atom stereocenters. The monoisotopic (exact) mass is 435 g/mol. The standard InChI is InChI=1S/C22H24Cl2FN3O/c1-3-15(2)28-14-20(8-9-29-28)27(13-17-10-18(25)5-7-21(17)23)19-6-4-16(12-26)22(24)11-19/h4-7,10-11,15,20H,3,8-9,13-14H2,1-2H3/t15?,20-/m0/s1. The Morgan fingerprint density at radius 2 is 2.07 bits per heavy atom. The van der Waals surface area contributed by atoms with Gasteiger partial charge in [-0.25, -0.2) is 4.39 Å². The van der Waals surface area contributed by atoms with Crippen LogP contribution in [0.25, 0.3) is 0 Å². The summed E-state index contributed by atoms with van der Waals surface area (Å²) in [7, 11) is 0. The first-order chi connectivity index (χ1) is 13.9. The van der Waals surface area contributed by atoms with E-state index in [1.165, 1.54) is 12.1 Å². The molecule has 2 aromatic carbocycles. The summed E-state index contributed by atoms with van der Waals surface area (Å²) in [6.07, 6.45) is 1.79. The van der Waals surface area contributed by atoms with Gasteiger partial charge in [0.1, 0.15) is 11.9 Å². The molecule has 2 aromatic rings. The number of hydrogen-bond donors (Lipinski definition) is 0. The molecule has 3 rings (SSSR count). The van der Waals surface area contributed by atoms with Crippen LogP contribution in [0.1, 0.15) is 37.8 Å². The van der Waals surface area contributed by atoms with E-state index < -0.39 is 0 Å². The molecule has 1 fully saturated rings. The van der Waals surface area contributed by atoms with Gasteiger partial charge in [0.05, 0.1) is 17.2 Å². The Labute approximate surface area is 181 Å². The number of rotatable bonds is 6. The van der Waals surface area contributed by atoms with E-state index in [1.807, 2.05) is 11.1 Å². The molecule has 1 aliphatic rings. The summed E-state index contributed by atoms with van der Waals surface area (Å²) in [5.41, 5.74) is 1.99. The molecule has 0 aromatic heterocycles. The third-order valence-electron chi connectivity index (χ3n) is 5.38. The van der Waals surface area contributed by atoms with E-state index in [2.05, 4.69) is 24.8 Å². The second kappa shape index (κ2) is 9.77. The Balaban J connectivity index is 1.96. The molecule has 29 heavy (non-hydrogen) atoms. The number of benzene rings is 2. The molecule has 0 N–H and O–H groups in total. The van der Waals surface area contributed by atoms with Crippen molar-refractivity contribution in [3.05, 3.63) is 63.4 Å². The molecular formula is C22H24Cl2FN3O. The van der Waals surface area contributed by atoms with Crippen molar-refractivity contribution < 1.29 is 9.23 Å². The maximum Gasteiger partial charge on any atom is 0.123 e. The van der Waals surface area contributed by atoms with Crippen LogP contribution in [0.2, 0.25) is 10.0 Å². The second-order valence-electron chi connectivity index (χ2n) is 7.27. The second-order valence-corrected chi connectivity index (χ2v) is 8.09. The van der Waals surface area contributed by atoms with Gasteiger partial charge in [0.2, 0.25) is 0 Å². The summed E-state index contributed by atoms with van der Waals surface area (Å²) >= 11 is 12.7. The van der Waals surface area contributed by atoms with Gasteiger partial charge in [-0.05, 0) is 61.7 Å². The Bertz CT molecular complexity index is 902. The first kappa shape index (κ1) is 21.9. The van der Waals surface area contributed by atoms with Crippen LogP contribution in [0.3, 0.4) is 0 Å². The molecule has 0 saturated carbocycles. The van der Waals surface area contributed by atoms with Crippen LogP contribution in [0.15, 0.2) is 36.4 Å². The Morgan fingerprint density at radius 1 is 1.28 bits per heavy atom. The number of nitriles is 1. The van der Waals surface area contributed by atoms with E-state index in [9.17, 15) is 9.65 Å². The maximum absolute atomic E-state index is 13.9. The van der Waals surface area contributed by atoms with Crippen LogP contribution in [-0.4, -0.2) is 30.3 Å². The first-order valence-corrected chi connectivity index (χ1v) is 10.5. The lowest BCUT2D eigenvalue weighted by atomic mass is 10.1. The van der Waals surface area contributed by atoms with Crippen LogP contribution < -0.4 is 4.90 Å². The molecule has 0 radical (unpaired) electrons. The van der Waals surface area contributed by atoms with Gasteiger partial charge < -0.3 is 4.90 Å². The van der Waals surface area contributed by atoms with Gasteiger partial charge in [-0.1, -0.05) is 30.1 Å². The minimum Gasteiger partial charge on any atom is -0.363 e. The number of nitrogens with zero attached hydrogens (tertiary/aromatic N) is 3. The quantitative estimate of drug-likeness (QED) is 0.573. The fourth-order valence-corrected chi connectivity index (χ4v) is 3.87. The number of hydrogen-bond acceptors (Lipinski definition) is 4. The predicted octanol–water partition coefficient (Wildman–Crippen LogP) is 5.82. The van der Waals surface area contributed by atoms with Gasteiger partial charge >= 0.3 is 0 Å². The zero-order chi connectivity index (χ0) is 21.0. The molecule has 0 aliphatic carbocycles. The van der Waals surface area contributed by atoms with Crippen LogP contribution in [0.4, 0.5) is 10.1 Å². The lowest BCUT2D eigenvalue weighted by molar-refractivity contribution is -0.207. The third kappa shape index (κ3) is 5.21. The fraction of sp³-hybridized carbons (Fsp3) is 0.409. The highest BCUT2D eigenvalue weighted by atomic mass is 35.5. The Kier molecular flexibility index (Phi) is 7.37. The zero-order valence-corrected chi connectivity index (χ0v) is 18.0. The lowest BCUT2D eigenvalue weighted by Gasteiger charge is -2.42. The summed E-state index contributed by atoms with van der Waals surface area (Å²) in [6, 6.07) is 12.3. The van der Waals surface area contributed by atoms with E-state index >= 15 is 0 Å². The zero-order valence-electron chi connectivity index (χ0n) is 16.5. The van der Waals surface area contributed by atoms with E-state index in [0.717, 1.165) is 18.5 Å². The molecule has 0 amide bonds. The van der Waals surface area contributed by atoms with Crippen molar-refractivity contribution in [2.24, 2.45) is 0 Å². The van der Waals surface area contributed by atoms with Crippen molar-refractivity contribution in [3.8, 4) is 6.07 Å². The number of anilines is 1. The smallest absolute Gasteiger partial charge is 0.123 e. The van der Waals surface area contributed by atoms with Crippen LogP contribution in [0, 0.1) is 17.1 Å². The van der Waals surface area contributed by atoms with Crippen LogP contribution in [-0.2, 0) is 11.4 Å². The minimum atomic E-state index is -0.324. The summed E-state index contributed by atoms with van der Waals surface area (Å²) < 4.78 is 13.9.